The van der Waals surface area contributed by atoms with E-state index in [0.29, 0.717) is 18.2 Å². The highest BCUT2D eigenvalue weighted by atomic mass is 32.2. The molecule has 0 amide bonds. The van der Waals surface area contributed by atoms with Crippen molar-refractivity contribution in [1.29, 1.82) is 0 Å². The molecular weight excluding hydrogens is 416 g/mol. The first-order valence-corrected chi connectivity index (χ1v) is 12.3. The molecule has 0 spiro atoms. The van der Waals surface area contributed by atoms with Crippen molar-refractivity contribution in [3.05, 3.63) is 63.0 Å². The molecular formula is C22H24N4O2S2. The molecule has 4 aromatic rings. The van der Waals surface area contributed by atoms with Crippen molar-refractivity contribution in [2.24, 2.45) is 0 Å². The van der Waals surface area contributed by atoms with Crippen LogP contribution in [0.3, 0.4) is 0 Å². The van der Waals surface area contributed by atoms with Crippen molar-refractivity contribution in [3.8, 4) is 0 Å². The van der Waals surface area contributed by atoms with Gasteiger partial charge in [-0.15, -0.1) is 21.5 Å². The van der Waals surface area contributed by atoms with Crippen LogP contribution in [0.4, 0.5) is 0 Å². The minimum absolute atomic E-state index is 0.302. The minimum atomic E-state index is -0.302. The third-order valence-corrected chi connectivity index (χ3v) is 7.51. The second kappa shape index (κ2) is 8.81. The van der Waals surface area contributed by atoms with Gasteiger partial charge in [0.15, 0.2) is 10.7 Å². The van der Waals surface area contributed by atoms with Gasteiger partial charge >= 0.3 is 5.76 Å². The van der Waals surface area contributed by atoms with Crippen LogP contribution in [-0.4, -0.2) is 25.1 Å². The van der Waals surface area contributed by atoms with E-state index in [-0.39, 0.29) is 5.76 Å². The molecule has 0 bridgehead atoms. The Hall–Kier alpha value is -2.32. The van der Waals surface area contributed by atoms with Gasteiger partial charge in [-0.2, -0.15) is 0 Å². The van der Waals surface area contributed by atoms with Crippen molar-refractivity contribution in [3.63, 3.8) is 0 Å². The number of fused-ring (bicyclic) bond motifs is 1. The fourth-order valence-electron chi connectivity index (χ4n) is 4.26. The summed E-state index contributed by atoms with van der Waals surface area (Å²) in [6, 6.07) is 12.3. The highest BCUT2D eigenvalue weighted by Crippen LogP contribution is 2.33. The zero-order chi connectivity index (χ0) is 20.3. The zero-order valence-corrected chi connectivity index (χ0v) is 18.3. The molecule has 0 saturated heterocycles. The number of hydrogen-bond donors (Lipinski definition) is 0. The van der Waals surface area contributed by atoms with E-state index in [1.807, 2.05) is 24.3 Å². The van der Waals surface area contributed by atoms with Gasteiger partial charge in [0, 0.05) is 29.6 Å². The molecule has 1 aliphatic carbocycles. The molecule has 3 aromatic heterocycles. The van der Waals surface area contributed by atoms with Gasteiger partial charge < -0.3 is 8.98 Å². The molecule has 3 heterocycles. The summed E-state index contributed by atoms with van der Waals surface area (Å²) >= 11 is 3.45. The number of nitrogens with zero attached hydrogens (tertiary/aromatic N) is 4. The van der Waals surface area contributed by atoms with Crippen molar-refractivity contribution in [2.45, 2.75) is 56.3 Å². The van der Waals surface area contributed by atoms with Crippen molar-refractivity contribution < 1.29 is 4.42 Å². The van der Waals surface area contributed by atoms with E-state index in [4.69, 9.17) is 4.42 Å². The Bertz CT molecular complexity index is 1170. The lowest BCUT2D eigenvalue weighted by Gasteiger charge is -2.25. The van der Waals surface area contributed by atoms with Gasteiger partial charge in [-0.25, -0.2) is 4.79 Å². The molecule has 1 fully saturated rings. The fraction of sp³-hybridized carbons (Fsp3) is 0.409. The summed E-state index contributed by atoms with van der Waals surface area (Å²) < 4.78 is 9.43. The molecule has 1 aromatic carbocycles. The van der Waals surface area contributed by atoms with Crippen LogP contribution in [-0.2, 0) is 13.0 Å². The lowest BCUT2D eigenvalue weighted by atomic mass is 9.95. The van der Waals surface area contributed by atoms with Gasteiger partial charge in [-0.3, -0.25) is 4.57 Å². The van der Waals surface area contributed by atoms with Gasteiger partial charge in [-0.1, -0.05) is 49.2 Å². The average Bonchev–Trinajstić information content (AvgIpc) is 3.49. The summed E-state index contributed by atoms with van der Waals surface area (Å²) in [5, 5.41) is 12.2. The smallest absolute Gasteiger partial charge is 0.408 e. The molecule has 0 aliphatic heterocycles. The number of rotatable bonds is 7. The second-order valence-electron chi connectivity index (χ2n) is 7.65. The first-order valence-electron chi connectivity index (χ1n) is 10.5. The van der Waals surface area contributed by atoms with E-state index >= 15 is 0 Å². The molecule has 0 atom stereocenters. The van der Waals surface area contributed by atoms with Gasteiger partial charge in [0.2, 0.25) is 0 Å². The van der Waals surface area contributed by atoms with Crippen LogP contribution in [0, 0.1) is 0 Å². The monoisotopic (exact) mass is 440 g/mol. The Labute approximate surface area is 182 Å². The predicted octanol–water partition coefficient (Wildman–Crippen LogP) is 5.14. The third kappa shape index (κ3) is 3.98. The Morgan fingerprint density at radius 2 is 1.97 bits per heavy atom. The summed E-state index contributed by atoms with van der Waals surface area (Å²) in [5.41, 5.74) is 1.48. The topological polar surface area (TPSA) is 65.8 Å². The summed E-state index contributed by atoms with van der Waals surface area (Å²) in [6.07, 6.45) is 7.05. The zero-order valence-electron chi connectivity index (χ0n) is 16.7. The largest absolute Gasteiger partial charge is 0.419 e. The Balaban J connectivity index is 1.36. The number of oxazole rings is 1. The first kappa shape index (κ1) is 19.6. The molecule has 0 N–H and O–H groups in total. The van der Waals surface area contributed by atoms with Gasteiger partial charge in [0.05, 0.1) is 5.52 Å². The Kier molecular flexibility index (Phi) is 5.77. The highest BCUT2D eigenvalue weighted by molar-refractivity contribution is 7.99. The quantitative estimate of drug-likeness (QED) is 0.373. The standard InChI is InChI=1S/C22H24N4O2S2/c27-22-25(18-10-4-5-11-19(18)28-22)12-14-30-21-24-23-20(15-17-9-6-13-29-17)26(21)16-7-2-1-3-8-16/h4-6,9-11,13,16H,1-3,7-8,12,14-15H2. The van der Waals surface area contributed by atoms with E-state index < -0.39 is 0 Å². The molecule has 6 nitrogen and oxygen atoms in total. The number of benzene rings is 1. The summed E-state index contributed by atoms with van der Waals surface area (Å²) in [7, 11) is 0. The van der Waals surface area contributed by atoms with Crippen LogP contribution < -0.4 is 5.76 Å². The van der Waals surface area contributed by atoms with Gasteiger partial charge in [0.1, 0.15) is 5.82 Å². The molecule has 156 valence electrons. The van der Waals surface area contributed by atoms with Gasteiger partial charge in [-0.05, 0) is 36.4 Å². The minimum Gasteiger partial charge on any atom is -0.408 e. The fourth-order valence-corrected chi connectivity index (χ4v) is 5.91. The molecule has 0 radical (unpaired) electrons. The molecule has 0 unspecified atom stereocenters. The van der Waals surface area contributed by atoms with Crippen molar-refractivity contribution in [1.82, 2.24) is 19.3 Å². The molecule has 1 saturated carbocycles. The molecule has 30 heavy (non-hydrogen) atoms. The maximum absolute atomic E-state index is 12.2. The lowest BCUT2D eigenvalue weighted by Crippen LogP contribution is -2.18. The number of thioether (sulfide) groups is 1. The average molecular weight is 441 g/mol. The second-order valence-corrected chi connectivity index (χ2v) is 9.75. The SMILES string of the molecule is O=c1oc2ccccc2n1CCSc1nnc(Cc2cccs2)n1C1CCCCC1. The van der Waals surface area contributed by atoms with E-state index in [1.54, 1.807) is 27.7 Å². The van der Waals surface area contributed by atoms with Crippen molar-refractivity contribution in [2.75, 3.05) is 5.75 Å². The Morgan fingerprint density at radius 3 is 2.80 bits per heavy atom. The van der Waals surface area contributed by atoms with Crippen LogP contribution in [0.5, 0.6) is 0 Å². The number of para-hydroxylation sites is 2. The number of thiophene rings is 1. The van der Waals surface area contributed by atoms with E-state index in [2.05, 4.69) is 32.3 Å². The predicted molar refractivity (Wildman–Crippen MR) is 120 cm³/mol. The molecule has 5 rings (SSSR count). The molecule has 1 aliphatic rings. The summed E-state index contributed by atoms with van der Waals surface area (Å²) in [5.74, 6) is 1.49. The van der Waals surface area contributed by atoms with Crippen LogP contribution in [0.1, 0.15) is 48.8 Å². The molecule has 8 heteroatoms. The number of aryl methyl sites for hydroxylation is 1. The summed E-state index contributed by atoms with van der Waals surface area (Å²) in [6.45, 7) is 0.582. The highest BCUT2D eigenvalue weighted by Gasteiger charge is 2.23. The Morgan fingerprint density at radius 1 is 1.10 bits per heavy atom. The van der Waals surface area contributed by atoms with Crippen LogP contribution >= 0.6 is 23.1 Å². The van der Waals surface area contributed by atoms with E-state index in [9.17, 15) is 4.79 Å². The lowest BCUT2D eigenvalue weighted by molar-refractivity contribution is 0.330. The maximum atomic E-state index is 12.2. The third-order valence-electron chi connectivity index (χ3n) is 5.71. The first-order chi connectivity index (χ1) is 14.8. The van der Waals surface area contributed by atoms with E-state index in [1.165, 1.54) is 37.0 Å². The van der Waals surface area contributed by atoms with E-state index in [0.717, 1.165) is 28.7 Å². The summed E-state index contributed by atoms with van der Waals surface area (Å²) in [4.78, 5) is 13.5. The number of hydrogen-bond acceptors (Lipinski definition) is 6. The van der Waals surface area contributed by atoms with Crippen molar-refractivity contribution >= 4 is 34.2 Å². The number of aromatic nitrogens is 4. The maximum Gasteiger partial charge on any atom is 0.419 e. The normalized spacial score (nSPS) is 15.2. The van der Waals surface area contributed by atoms with Crippen LogP contribution in [0.2, 0.25) is 0 Å². The van der Waals surface area contributed by atoms with Crippen LogP contribution in [0.15, 0.2) is 56.1 Å². The van der Waals surface area contributed by atoms with Gasteiger partial charge in [0.25, 0.3) is 0 Å². The van der Waals surface area contributed by atoms with Crippen LogP contribution in [0.25, 0.3) is 11.1 Å².